The predicted molar refractivity (Wildman–Crippen MR) is 58.7 cm³/mol. The lowest BCUT2D eigenvalue weighted by Crippen LogP contribution is -2.00. The molecule has 1 N–H and O–H groups in total. The van der Waals surface area contributed by atoms with E-state index < -0.39 is 0 Å². The first kappa shape index (κ1) is 9.85. The van der Waals surface area contributed by atoms with Crippen LogP contribution in [-0.2, 0) is 0 Å². The molecule has 0 heterocycles. The van der Waals surface area contributed by atoms with Crippen molar-refractivity contribution in [3.05, 3.63) is 42.6 Å². The van der Waals surface area contributed by atoms with Crippen molar-refractivity contribution >= 4 is 5.69 Å². The lowest BCUT2D eigenvalue weighted by molar-refractivity contribution is 0.544. The zero-order chi connectivity index (χ0) is 9.73. The Morgan fingerprint density at radius 3 is 2.23 bits per heavy atom. The normalized spacial score (nSPS) is 11.9. The van der Waals surface area contributed by atoms with E-state index in [0.29, 0.717) is 0 Å². The highest BCUT2D eigenvalue weighted by Gasteiger charge is 2.02. The molecule has 1 nitrogen and oxygen atoms in total. The van der Waals surface area contributed by atoms with Crippen LogP contribution in [0.3, 0.4) is 0 Å². The minimum atomic E-state index is 0.238. The second-order valence-electron chi connectivity index (χ2n) is 4.21. The first-order chi connectivity index (χ1) is 6.08. The fraction of sp³-hybridized carbons (Fsp3) is 0.333. The van der Waals surface area contributed by atoms with E-state index in [9.17, 15) is 0 Å². The van der Waals surface area contributed by atoms with E-state index in [1.165, 1.54) is 0 Å². The zero-order valence-electron chi connectivity index (χ0n) is 8.54. The van der Waals surface area contributed by atoms with Crippen LogP contribution in [0.4, 0.5) is 5.69 Å². The molecule has 0 aliphatic carbocycles. The van der Waals surface area contributed by atoms with Gasteiger partial charge in [0.25, 0.3) is 0 Å². The van der Waals surface area contributed by atoms with Crippen molar-refractivity contribution in [3.8, 4) is 0 Å². The highest BCUT2D eigenvalue weighted by Crippen LogP contribution is 2.14. The van der Waals surface area contributed by atoms with Crippen LogP contribution in [0.1, 0.15) is 20.8 Å². The maximum atomic E-state index is 3.22. The number of hydrogen-bond acceptors (Lipinski definition) is 1. The van der Waals surface area contributed by atoms with Gasteiger partial charge in [-0.3, -0.25) is 0 Å². The Kier molecular flexibility index (Phi) is 3.13. The summed E-state index contributed by atoms with van der Waals surface area (Å²) in [6, 6.07) is 10.2. The summed E-state index contributed by atoms with van der Waals surface area (Å²) in [6.45, 7) is 6.53. The van der Waals surface area contributed by atoms with Gasteiger partial charge in [0.15, 0.2) is 0 Å². The number of rotatable bonds is 2. The Balaban J connectivity index is 2.49. The van der Waals surface area contributed by atoms with Gasteiger partial charge in [-0.05, 0) is 23.7 Å². The molecule has 1 rings (SSSR count). The van der Waals surface area contributed by atoms with Gasteiger partial charge in [0.05, 0.1) is 0 Å². The van der Waals surface area contributed by atoms with Crippen molar-refractivity contribution in [1.82, 2.24) is 0 Å². The molecule has 0 fully saturated rings. The third kappa shape index (κ3) is 4.36. The SMILES string of the molecule is CC(C)(C)/C=C\Nc1ccccc1. The van der Waals surface area contributed by atoms with Crippen LogP contribution in [0.5, 0.6) is 0 Å². The lowest BCUT2D eigenvalue weighted by atomic mass is 9.97. The summed E-state index contributed by atoms with van der Waals surface area (Å²) in [4.78, 5) is 0. The molecule has 13 heavy (non-hydrogen) atoms. The molecule has 0 bridgehead atoms. The van der Waals surface area contributed by atoms with Gasteiger partial charge in [-0.1, -0.05) is 45.0 Å². The van der Waals surface area contributed by atoms with Gasteiger partial charge in [-0.25, -0.2) is 0 Å². The number of anilines is 1. The highest BCUT2D eigenvalue weighted by atomic mass is 14.8. The standard InChI is InChI=1S/C12H17N/c1-12(2,3)9-10-13-11-7-5-4-6-8-11/h4-10,13H,1-3H3/b10-9-. The molecule has 70 valence electrons. The first-order valence-electron chi connectivity index (χ1n) is 4.57. The van der Waals surface area contributed by atoms with Gasteiger partial charge in [-0.2, -0.15) is 0 Å². The third-order valence-corrected chi connectivity index (χ3v) is 1.61. The topological polar surface area (TPSA) is 12.0 Å². The van der Waals surface area contributed by atoms with E-state index in [0.717, 1.165) is 5.69 Å². The summed E-state index contributed by atoms with van der Waals surface area (Å²) >= 11 is 0. The summed E-state index contributed by atoms with van der Waals surface area (Å²) in [5, 5.41) is 3.22. The summed E-state index contributed by atoms with van der Waals surface area (Å²) in [7, 11) is 0. The molecular formula is C12H17N. The summed E-state index contributed by atoms with van der Waals surface area (Å²) < 4.78 is 0. The average Bonchev–Trinajstić information content (AvgIpc) is 2.04. The number of allylic oxidation sites excluding steroid dienone is 1. The number of hydrogen-bond donors (Lipinski definition) is 1. The minimum Gasteiger partial charge on any atom is -0.362 e. The average molecular weight is 175 g/mol. The second kappa shape index (κ2) is 4.13. The molecule has 0 aliphatic rings. The minimum absolute atomic E-state index is 0.238. The maximum absolute atomic E-state index is 3.22. The molecule has 1 aromatic carbocycles. The largest absolute Gasteiger partial charge is 0.362 e. The molecule has 0 radical (unpaired) electrons. The van der Waals surface area contributed by atoms with Gasteiger partial charge >= 0.3 is 0 Å². The number of benzene rings is 1. The Bertz CT molecular complexity index is 267. The first-order valence-corrected chi connectivity index (χ1v) is 4.57. The highest BCUT2D eigenvalue weighted by molar-refractivity contribution is 5.44. The molecule has 1 heteroatoms. The van der Waals surface area contributed by atoms with Crippen LogP contribution >= 0.6 is 0 Å². The van der Waals surface area contributed by atoms with Crippen LogP contribution in [0.15, 0.2) is 42.6 Å². The summed E-state index contributed by atoms with van der Waals surface area (Å²) in [6.07, 6.45) is 4.15. The maximum Gasteiger partial charge on any atom is 0.0379 e. The predicted octanol–water partition coefficient (Wildman–Crippen LogP) is 3.66. The number of para-hydroxylation sites is 1. The fourth-order valence-corrected chi connectivity index (χ4v) is 0.922. The van der Waals surface area contributed by atoms with Gasteiger partial charge in [0, 0.05) is 5.69 Å². The Hall–Kier alpha value is -1.24. The van der Waals surface area contributed by atoms with Crippen molar-refractivity contribution in [2.24, 2.45) is 5.41 Å². The van der Waals surface area contributed by atoms with Gasteiger partial charge in [0.1, 0.15) is 0 Å². The summed E-state index contributed by atoms with van der Waals surface area (Å²) in [5.41, 5.74) is 1.37. The Morgan fingerprint density at radius 1 is 1.08 bits per heavy atom. The molecule has 0 saturated heterocycles. The molecule has 0 spiro atoms. The van der Waals surface area contributed by atoms with Crippen molar-refractivity contribution < 1.29 is 0 Å². The van der Waals surface area contributed by atoms with Crippen molar-refractivity contribution in [2.75, 3.05) is 5.32 Å². The van der Waals surface area contributed by atoms with Crippen molar-refractivity contribution in [1.29, 1.82) is 0 Å². The Labute approximate surface area is 80.5 Å². The Morgan fingerprint density at radius 2 is 1.69 bits per heavy atom. The van der Waals surface area contributed by atoms with E-state index in [2.05, 4.69) is 32.2 Å². The molecule has 0 aromatic heterocycles. The molecule has 0 atom stereocenters. The second-order valence-corrected chi connectivity index (χ2v) is 4.21. The molecule has 0 amide bonds. The van der Waals surface area contributed by atoms with Crippen LogP contribution in [0.25, 0.3) is 0 Å². The van der Waals surface area contributed by atoms with E-state index in [1.54, 1.807) is 0 Å². The van der Waals surface area contributed by atoms with Gasteiger partial charge in [0.2, 0.25) is 0 Å². The van der Waals surface area contributed by atoms with Crippen LogP contribution in [-0.4, -0.2) is 0 Å². The van der Waals surface area contributed by atoms with Crippen molar-refractivity contribution in [2.45, 2.75) is 20.8 Å². The van der Waals surface area contributed by atoms with Gasteiger partial charge in [-0.15, -0.1) is 0 Å². The van der Waals surface area contributed by atoms with Gasteiger partial charge < -0.3 is 5.32 Å². The molecule has 1 aromatic rings. The lowest BCUT2D eigenvalue weighted by Gasteiger charge is -2.11. The monoisotopic (exact) mass is 175 g/mol. The molecule has 0 unspecified atom stereocenters. The zero-order valence-corrected chi connectivity index (χ0v) is 8.54. The van der Waals surface area contributed by atoms with Crippen molar-refractivity contribution in [3.63, 3.8) is 0 Å². The third-order valence-electron chi connectivity index (χ3n) is 1.61. The van der Waals surface area contributed by atoms with Crippen LogP contribution in [0.2, 0.25) is 0 Å². The molecule has 0 saturated carbocycles. The molecule has 0 aliphatic heterocycles. The van der Waals surface area contributed by atoms with E-state index in [-0.39, 0.29) is 5.41 Å². The smallest absolute Gasteiger partial charge is 0.0379 e. The van der Waals surface area contributed by atoms with E-state index in [1.807, 2.05) is 36.5 Å². The summed E-state index contributed by atoms with van der Waals surface area (Å²) in [5.74, 6) is 0. The fourth-order valence-electron chi connectivity index (χ4n) is 0.922. The molecular weight excluding hydrogens is 158 g/mol. The van der Waals surface area contributed by atoms with Crippen LogP contribution in [0, 0.1) is 5.41 Å². The quantitative estimate of drug-likeness (QED) is 0.723. The van der Waals surface area contributed by atoms with E-state index in [4.69, 9.17) is 0 Å². The van der Waals surface area contributed by atoms with Crippen LogP contribution < -0.4 is 5.32 Å². The number of nitrogens with one attached hydrogen (secondary N) is 1. The van der Waals surface area contributed by atoms with E-state index >= 15 is 0 Å².